The molecule has 0 atom stereocenters. The van der Waals surface area contributed by atoms with Gasteiger partial charge in [-0.1, -0.05) is 13.0 Å². The van der Waals surface area contributed by atoms with Crippen molar-refractivity contribution in [2.45, 2.75) is 31.1 Å². The van der Waals surface area contributed by atoms with Gasteiger partial charge >= 0.3 is 5.97 Å². The Labute approximate surface area is 164 Å². The van der Waals surface area contributed by atoms with Crippen molar-refractivity contribution in [3.8, 4) is 0 Å². The van der Waals surface area contributed by atoms with Crippen molar-refractivity contribution >= 4 is 44.9 Å². The van der Waals surface area contributed by atoms with E-state index in [1.165, 1.54) is 30.3 Å². The predicted octanol–water partition coefficient (Wildman–Crippen LogP) is 1.70. The van der Waals surface area contributed by atoms with Crippen molar-refractivity contribution in [3.05, 3.63) is 36.9 Å². The van der Waals surface area contributed by atoms with E-state index in [4.69, 9.17) is 17.0 Å². The van der Waals surface area contributed by atoms with Crippen LogP contribution in [0.4, 0.5) is 5.69 Å². The van der Waals surface area contributed by atoms with Gasteiger partial charge < -0.3 is 15.4 Å². The van der Waals surface area contributed by atoms with Crippen LogP contribution in [0, 0.1) is 0 Å². The van der Waals surface area contributed by atoms with Crippen molar-refractivity contribution in [3.63, 3.8) is 0 Å². The molecule has 1 rings (SSSR count). The monoisotopic (exact) mass is 413 g/mol. The number of thiocarbonyl (C=S) groups is 1. The number of carbonyl (C=O) groups excluding carboxylic acids is 2. The van der Waals surface area contributed by atoms with E-state index >= 15 is 0 Å². The third kappa shape index (κ3) is 8.76. The number of hydrogen-bond acceptors (Lipinski definition) is 6. The van der Waals surface area contributed by atoms with Gasteiger partial charge in [-0.2, -0.15) is 0 Å². The van der Waals surface area contributed by atoms with Crippen molar-refractivity contribution < 1.29 is 22.7 Å². The Morgan fingerprint density at radius 3 is 2.48 bits per heavy atom. The second-order valence-corrected chi connectivity index (χ2v) is 7.56. The number of rotatable bonds is 10. The van der Waals surface area contributed by atoms with Gasteiger partial charge in [0.05, 0.1) is 17.9 Å². The van der Waals surface area contributed by atoms with Gasteiger partial charge in [0.25, 0.3) is 0 Å². The first-order valence-corrected chi connectivity index (χ1v) is 10.1. The minimum absolute atomic E-state index is 0.0291. The van der Waals surface area contributed by atoms with Crippen LogP contribution in [0.15, 0.2) is 41.8 Å². The lowest BCUT2D eigenvalue weighted by molar-refractivity contribution is -0.144. The molecule has 0 saturated heterocycles. The van der Waals surface area contributed by atoms with Crippen LogP contribution >= 0.6 is 12.2 Å². The molecule has 10 heteroatoms. The van der Waals surface area contributed by atoms with Crippen LogP contribution in [-0.2, 0) is 24.3 Å². The van der Waals surface area contributed by atoms with Gasteiger partial charge in [-0.25, -0.2) is 13.1 Å². The van der Waals surface area contributed by atoms with Gasteiger partial charge in [0.1, 0.15) is 0 Å². The fourth-order valence-electron chi connectivity index (χ4n) is 1.82. The molecule has 1 aromatic carbocycles. The van der Waals surface area contributed by atoms with Crippen LogP contribution in [0.3, 0.4) is 0 Å². The number of esters is 1. The highest BCUT2D eigenvalue weighted by atomic mass is 32.2. The molecular weight excluding hydrogens is 390 g/mol. The fraction of sp³-hybridized carbons (Fsp3) is 0.353. The van der Waals surface area contributed by atoms with Crippen molar-refractivity contribution in [1.82, 2.24) is 10.0 Å². The summed E-state index contributed by atoms with van der Waals surface area (Å²) in [5.41, 5.74) is 0.505. The summed E-state index contributed by atoms with van der Waals surface area (Å²) in [5, 5.41) is 5.26. The number of amides is 1. The maximum absolute atomic E-state index is 12.0. The molecule has 0 unspecified atom stereocenters. The number of benzene rings is 1. The van der Waals surface area contributed by atoms with Gasteiger partial charge in [-0.15, -0.1) is 6.58 Å². The van der Waals surface area contributed by atoms with Gasteiger partial charge in [-0.05, 0) is 42.9 Å². The van der Waals surface area contributed by atoms with E-state index in [-0.39, 0.29) is 29.4 Å². The standard InChI is InChI=1S/C17H23N3O5S2/c1-3-11-18-27(23,24)14-7-5-13(6-8-14)19-17(26)20-15(21)9-10-16(22)25-12-4-2/h3,5-8,18H,1,4,9-12H2,2H3,(H2,19,20,21,26). The summed E-state index contributed by atoms with van der Waals surface area (Å²) >= 11 is 5.02. The Balaban J connectivity index is 2.49. The van der Waals surface area contributed by atoms with Gasteiger partial charge in [0.15, 0.2) is 5.11 Å². The molecule has 0 aliphatic heterocycles. The minimum Gasteiger partial charge on any atom is -0.466 e. The van der Waals surface area contributed by atoms with Crippen LogP contribution < -0.4 is 15.4 Å². The highest BCUT2D eigenvalue weighted by Gasteiger charge is 2.13. The average Bonchev–Trinajstić information content (AvgIpc) is 2.63. The summed E-state index contributed by atoms with van der Waals surface area (Å²) < 4.78 is 31.2. The maximum Gasteiger partial charge on any atom is 0.306 e. The van der Waals surface area contributed by atoms with E-state index in [1.54, 1.807) is 0 Å². The molecule has 0 spiro atoms. The second kappa shape index (κ2) is 11.4. The van der Waals surface area contributed by atoms with E-state index < -0.39 is 21.9 Å². The lowest BCUT2D eigenvalue weighted by atomic mass is 10.3. The number of anilines is 1. The molecule has 8 nitrogen and oxygen atoms in total. The molecule has 1 amide bonds. The first kappa shape index (κ1) is 22.7. The summed E-state index contributed by atoms with van der Waals surface area (Å²) in [6, 6.07) is 5.84. The zero-order valence-electron chi connectivity index (χ0n) is 15.0. The first-order chi connectivity index (χ1) is 12.8. The van der Waals surface area contributed by atoms with E-state index in [1.807, 2.05) is 6.92 Å². The van der Waals surface area contributed by atoms with Crippen LogP contribution in [0.5, 0.6) is 0 Å². The topological polar surface area (TPSA) is 114 Å². The summed E-state index contributed by atoms with van der Waals surface area (Å²) in [4.78, 5) is 23.2. The van der Waals surface area contributed by atoms with Crippen molar-refractivity contribution in [2.75, 3.05) is 18.5 Å². The number of ether oxygens (including phenoxy) is 1. The third-order valence-corrected chi connectivity index (χ3v) is 4.76. The molecule has 0 bridgehead atoms. The molecule has 148 valence electrons. The highest BCUT2D eigenvalue weighted by molar-refractivity contribution is 7.89. The normalized spacial score (nSPS) is 10.7. The van der Waals surface area contributed by atoms with Crippen molar-refractivity contribution in [1.29, 1.82) is 0 Å². The quantitative estimate of drug-likeness (QED) is 0.304. The van der Waals surface area contributed by atoms with E-state index in [0.717, 1.165) is 6.42 Å². The van der Waals surface area contributed by atoms with Crippen LogP contribution in [0.25, 0.3) is 0 Å². The maximum atomic E-state index is 12.0. The number of nitrogens with one attached hydrogen (secondary N) is 3. The zero-order chi connectivity index (χ0) is 20.3. The lowest BCUT2D eigenvalue weighted by Gasteiger charge is -2.10. The zero-order valence-corrected chi connectivity index (χ0v) is 16.6. The lowest BCUT2D eigenvalue weighted by Crippen LogP contribution is -2.34. The van der Waals surface area contributed by atoms with E-state index in [9.17, 15) is 18.0 Å². The average molecular weight is 414 g/mol. The minimum atomic E-state index is -3.60. The summed E-state index contributed by atoms with van der Waals surface area (Å²) in [6.45, 7) is 5.79. The first-order valence-electron chi connectivity index (χ1n) is 8.25. The Bertz CT molecular complexity index is 776. The Morgan fingerprint density at radius 2 is 1.89 bits per heavy atom. The fourth-order valence-corrected chi connectivity index (χ4v) is 3.05. The number of hydrogen-bond donors (Lipinski definition) is 3. The third-order valence-electron chi connectivity index (χ3n) is 3.12. The molecule has 0 aliphatic rings. The summed E-state index contributed by atoms with van der Waals surface area (Å²) in [7, 11) is -3.60. The van der Waals surface area contributed by atoms with Crippen LogP contribution in [0.1, 0.15) is 26.2 Å². The molecule has 0 aliphatic carbocycles. The molecule has 1 aromatic rings. The number of sulfonamides is 1. The molecule has 27 heavy (non-hydrogen) atoms. The van der Waals surface area contributed by atoms with E-state index in [0.29, 0.717) is 12.3 Å². The van der Waals surface area contributed by atoms with Crippen molar-refractivity contribution in [2.24, 2.45) is 0 Å². The molecule has 0 saturated carbocycles. The number of carbonyl (C=O) groups is 2. The molecule has 0 radical (unpaired) electrons. The smallest absolute Gasteiger partial charge is 0.306 e. The Morgan fingerprint density at radius 1 is 1.22 bits per heavy atom. The Hall–Kier alpha value is -2.30. The van der Waals surface area contributed by atoms with Gasteiger partial charge in [0.2, 0.25) is 15.9 Å². The molecule has 0 aromatic heterocycles. The van der Waals surface area contributed by atoms with E-state index in [2.05, 4.69) is 21.9 Å². The van der Waals surface area contributed by atoms with Crippen LogP contribution in [0.2, 0.25) is 0 Å². The Kier molecular flexibility index (Phi) is 9.62. The summed E-state index contributed by atoms with van der Waals surface area (Å²) in [6.07, 6.45) is 2.09. The molecule has 3 N–H and O–H groups in total. The molecule has 0 fully saturated rings. The highest BCUT2D eigenvalue weighted by Crippen LogP contribution is 2.13. The SMILES string of the molecule is C=CCNS(=O)(=O)c1ccc(NC(=S)NC(=O)CCC(=O)OCCC)cc1. The second-order valence-electron chi connectivity index (χ2n) is 5.39. The van der Waals surface area contributed by atoms with Gasteiger partial charge in [-0.3, -0.25) is 9.59 Å². The predicted molar refractivity (Wildman–Crippen MR) is 107 cm³/mol. The molecule has 0 heterocycles. The molecular formula is C17H23N3O5S2. The summed E-state index contributed by atoms with van der Waals surface area (Å²) in [5.74, 6) is -0.860. The van der Waals surface area contributed by atoms with Crippen LogP contribution in [-0.4, -0.2) is 38.6 Å². The van der Waals surface area contributed by atoms with Gasteiger partial charge in [0, 0.05) is 18.7 Å². The largest absolute Gasteiger partial charge is 0.466 e.